The van der Waals surface area contributed by atoms with Gasteiger partial charge in [0.1, 0.15) is 11.6 Å². The van der Waals surface area contributed by atoms with Crippen molar-refractivity contribution in [2.45, 2.75) is 6.54 Å². The third-order valence-corrected chi connectivity index (χ3v) is 2.18. The maximum absolute atomic E-state index is 13.0. The number of benzene rings is 1. The van der Waals surface area contributed by atoms with Crippen molar-refractivity contribution in [1.82, 2.24) is 0 Å². The van der Waals surface area contributed by atoms with Crippen LogP contribution in [0.1, 0.15) is 5.56 Å². The normalized spacial score (nSPS) is 11.8. The average Bonchev–Trinajstić information content (AvgIpc) is 2.16. The van der Waals surface area contributed by atoms with Crippen molar-refractivity contribution < 1.29 is 8.78 Å². The topological polar surface area (TPSA) is 38.4 Å². The van der Waals surface area contributed by atoms with Gasteiger partial charge in [-0.15, -0.1) is 0 Å². The summed E-state index contributed by atoms with van der Waals surface area (Å²) in [5.74, 6) is -1.18. The van der Waals surface area contributed by atoms with E-state index < -0.39 is 11.6 Å². The largest absolute Gasteiger partial charge is 0.379 e. The van der Waals surface area contributed by atoms with E-state index in [2.05, 4.69) is 4.99 Å². The maximum Gasteiger partial charge on any atom is 0.153 e. The Labute approximate surface area is 85.2 Å². The molecular formula is C9H10F2N2S. The monoisotopic (exact) mass is 216 g/mol. The number of aliphatic imine (C=N–C) groups is 1. The molecular weight excluding hydrogens is 206 g/mol. The Hall–Kier alpha value is -1.10. The number of nitrogens with two attached hydrogens (primary N) is 1. The molecule has 0 radical (unpaired) electrons. The van der Waals surface area contributed by atoms with Crippen molar-refractivity contribution in [3.63, 3.8) is 0 Å². The second-order valence-corrected chi connectivity index (χ2v) is 3.42. The zero-order chi connectivity index (χ0) is 10.6. The van der Waals surface area contributed by atoms with E-state index in [1.807, 2.05) is 0 Å². The van der Waals surface area contributed by atoms with Crippen molar-refractivity contribution in [2.75, 3.05) is 6.26 Å². The van der Waals surface area contributed by atoms with Crippen LogP contribution in [0.5, 0.6) is 0 Å². The predicted octanol–water partition coefficient (Wildman–Crippen LogP) is 2.14. The minimum Gasteiger partial charge on any atom is -0.379 e. The van der Waals surface area contributed by atoms with Gasteiger partial charge in [-0.3, -0.25) is 4.99 Å². The van der Waals surface area contributed by atoms with Crippen LogP contribution >= 0.6 is 11.8 Å². The molecule has 0 saturated carbocycles. The number of halogens is 2. The van der Waals surface area contributed by atoms with Gasteiger partial charge in [0.15, 0.2) is 5.17 Å². The van der Waals surface area contributed by atoms with Crippen molar-refractivity contribution in [2.24, 2.45) is 10.7 Å². The Kier molecular flexibility index (Phi) is 3.88. The molecule has 0 unspecified atom stereocenters. The molecule has 0 atom stereocenters. The molecule has 0 heterocycles. The summed E-state index contributed by atoms with van der Waals surface area (Å²) in [7, 11) is 0. The van der Waals surface area contributed by atoms with Crippen LogP contribution in [0.2, 0.25) is 0 Å². The van der Waals surface area contributed by atoms with Crippen LogP contribution in [0, 0.1) is 11.6 Å². The van der Waals surface area contributed by atoms with Crippen LogP contribution in [0.25, 0.3) is 0 Å². The minimum absolute atomic E-state index is 0.138. The fraction of sp³-hybridized carbons (Fsp3) is 0.222. The first-order valence-corrected chi connectivity index (χ1v) is 5.14. The van der Waals surface area contributed by atoms with Crippen LogP contribution in [0.3, 0.4) is 0 Å². The number of hydrogen-bond acceptors (Lipinski definition) is 2. The van der Waals surface area contributed by atoms with Gasteiger partial charge in [0, 0.05) is 11.6 Å². The van der Waals surface area contributed by atoms with E-state index in [1.54, 1.807) is 6.26 Å². The molecule has 1 aromatic rings. The molecule has 14 heavy (non-hydrogen) atoms. The van der Waals surface area contributed by atoms with Crippen LogP contribution in [-0.4, -0.2) is 11.4 Å². The predicted molar refractivity (Wildman–Crippen MR) is 55.2 cm³/mol. The molecule has 5 heteroatoms. The van der Waals surface area contributed by atoms with Gasteiger partial charge in [-0.1, -0.05) is 17.8 Å². The van der Waals surface area contributed by atoms with Gasteiger partial charge >= 0.3 is 0 Å². The Morgan fingerprint density at radius 1 is 1.50 bits per heavy atom. The van der Waals surface area contributed by atoms with E-state index in [1.165, 1.54) is 23.9 Å². The van der Waals surface area contributed by atoms with Gasteiger partial charge in [-0.05, 0) is 12.3 Å². The maximum atomic E-state index is 13.0. The molecule has 0 bridgehead atoms. The highest BCUT2D eigenvalue weighted by Crippen LogP contribution is 2.10. The summed E-state index contributed by atoms with van der Waals surface area (Å²) in [6.07, 6.45) is 1.78. The lowest BCUT2D eigenvalue weighted by Gasteiger charge is -2.00. The third kappa shape index (κ3) is 2.99. The molecule has 1 aromatic carbocycles. The molecule has 0 amide bonds. The van der Waals surface area contributed by atoms with Crippen LogP contribution in [-0.2, 0) is 6.54 Å². The Bertz CT molecular complexity index is 353. The highest BCUT2D eigenvalue weighted by molar-refractivity contribution is 8.13. The first-order valence-electron chi connectivity index (χ1n) is 3.91. The van der Waals surface area contributed by atoms with E-state index in [4.69, 9.17) is 5.73 Å². The lowest BCUT2D eigenvalue weighted by Crippen LogP contribution is -2.06. The molecule has 0 aromatic heterocycles. The highest BCUT2D eigenvalue weighted by atomic mass is 32.2. The highest BCUT2D eigenvalue weighted by Gasteiger charge is 2.02. The summed E-state index contributed by atoms with van der Waals surface area (Å²) in [5.41, 5.74) is 5.75. The van der Waals surface area contributed by atoms with Crippen molar-refractivity contribution in [1.29, 1.82) is 0 Å². The van der Waals surface area contributed by atoms with E-state index >= 15 is 0 Å². The Morgan fingerprint density at radius 2 is 2.21 bits per heavy atom. The number of amidine groups is 1. The van der Waals surface area contributed by atoms with Crippen molar-refractivity contribution >= 4 is 16.9 Å². The second kappa shape index (κ2) is 4.95. The Morgan fingerprint density at radius 3 is 2.79 bits per heavy atom. The lowest BCUT2D eigenvalue weighted by atomic mass is 10.2. The first kappa shape index (κ1) is 11.0. The molecule has 2 nitrogen and oxygen atoms in total. The van der Waals surface area contributed by atoms with E-state index in [9.17, 15) is 8.78 Å². The van der Waals surface area contributed by atoms with Crippen LogP contribution in [0.15, 0.2) is 23.2 Å². The summed E-state index contributed by atoms with van der Waals surface area (Å²) >= 11 is 1.28. The average molecular weight is 216 g/mol. The summed E-state index contributed by atoms with van der Waals surface area (Å²) in [6, 6.07) is 3.39. The number of rotatable bonds is 2. The molecule has 0 saturated heterocycles. The molecule has 1 rings (SSSR count). The number of nitrogens with zero attached hydrogens (tertiary/aromatic N) is 1. The van der Waals surface area contributed by atoms with Gasteiger partial charge in [0.2, 0.25) is 0 Å². The molecule has 0 spiro atoms. The van der Waals surface area contributed by atoms with Gasteiger partial charge < -0.3 is 5.73 Å². The fourth-order valence-corrected chi connectivity index (χ4v) is 1.07. The summed E-state index contributed by atoms with van der Waals surface area (Å²) < 4.78 is 25.6. The number of hydrogen-bond donors (Lipinski definition) is 1. The summed E-state index contributed by atoms with van der Waals surface area (Å²) in [4.78, 5) is 3.90. The van der Waals surface area contributed by atoms with Crippen LogP contribution < -0.4 is 5.73 Å². The number of thioether (sulfide) groups is 1. The van der Waals surface area contributed by atoms with Crippen molar-refractivity contribution in [3.8, 4) is 0 Å². The molecule has 0 aliphatic rings. The van der Waals surface area contributed by atoms with E-state index in [0.29, 0.717) is 10.7 Å². The van der Waals surface area contributed by atoms with E-state index in [-0.39, 0.29) is 6.54 Å². The first-order chi connectivity index (χ1) is 6.63. The lowest BCUT2D eigenvalue weighted by molar-refractivity contribution is 0.573. The zero-order valence-electron chi connectivity index (χ0n) is 7.63. The summed E-state index contributed by atoms with van der Waals surface area (Å²) in [5, 5.41) is 0.383. The molecule has 76 valence electrons. The van der Waals surface area contributed by atoms with Gasteiger partial charge in [-0.25, -0.2) is 8.78 Å². The van der Waals surface area contributed by atoms with Crippen molar-refractivity contribution in [3.05, 3.63) is 35.4 Å². The minimum atomic E-state index is -0.595. The summed E-state index contributed by atoms with van der Waals surface area (Å²) in [6.45, 7) is 0.138. The zero-order valence-corrected chi connectivity index (χ0v) is 8.44. The SMILES string of the molecule is CSC(N)=NCc1ccc(F)cc1F. The fourth-order valence-electron chi connectivity index (χ4n) is 0.878. The molecule has 0 fully saturated rings. The Balaban J connectivity index is 2.77. The quantitative estimate of drug-likeness (QED) is 0.607. The molecule has 0 aliphatic heterocycles. The third-order valence-electron chi connectivity index (χ3n) is 1.63. The van der Waals surface area contributed by atoms with Gasteiger partial charge in [0.05, 0.1) is 6.54 Å². The second-order valence-electron chi connectivity index (χ2n) is 2.59. The molecule has 2 N–H and O–H groups in total. The molecule has 0 aliphatic carbocycles. The standard InChI is InChI=1S/C9H10F2N2S/c1-14-9(12)13-5-6-2-3-7(10)4-8(6)11/h2-4H,5H2,1H3,(H2,12,13). The van der Waals surface area contributed by atoms with Gasteiger partial charge in [0.25, 0.3) is 0 Å². The van der Waals surface area contributed by atoms with E-state index in [0.717, 1.165) is 6.07 Å². The smallest absolute Gasteiger partial charge is 0.153 e. The van der Waals surface area contributed by atoms with Gasteiger partial charge in [-0.2, -0.15) is 0 Å². The van der Waals surface area contributed by atoms with Crippen LogP contribution in [0.4, 0.5) is 8.78 Å².